The normalized spacial score (nSPS) is 11.8. The van der Waals surface area contributed by atoms with Crippen LogP contribution in [0.25, 0.3) is 10.9 Å². The first-order chi connectivity index (χ1) is 12.1. The lowest BCUT2D eigenvalue weighted by Crippen LogP contribution is -2.41. The molecule has 25 heavy (non-hydrogen) atoms. The minimum absolute atomic E-state index is 0.261. The lowest BCUT2D eigenvalue weighted by molar-refractivity contribution is -0.117. The van der Waals surface area contributed by atoms with E-state index in [0.717, 1.165) is 5.52 Å². The number of H-pyrrole nitrogens is 1. The van der Waals surface area contributed by atoms with Gasteiger partial charge in [-0.3, -0.25) is 14.7 Å². The molecule has 0 aliphatic rings. The van der Waals surface area contributed by atoms with Crippen LogP contribution in [0.1, 0.15) is 17.4 Å². The Morgan fingerprint density at radius 1 is 1.16 bits per heavy atom. The number of aromatic amines is 1. The first-order valence-electron chi connectivity index (χ1n) is 7.77. The van der Waals surface area contributed by atoms with Crippen molar-refractivity contribution in [2.45, 2.75) is 13.0 Å². The summed E-state index contributed by atoms with van der Waals surface area (Å²) in [7, 11) is 1.55. The fourth-order valence-electron chi connectivity index (χ4n) is 2.42. The number of hydrogen-bond acceptors (Lipinski definition) is 4. The minimum Gasteiger partial charge on any atom is -0.497 e. The van der Waals surface area contributed by atoms with Crippen molar-refractivity contribution in [1.29, 1.82) is 0 Å². The molecule has 0 saturated heterocycles. The molecule has 3 aromatic rings. The summed E-state index contributed by atoms with van der Waals surface area (Å²) < 4.78 is 5.12. The molecule has 7 nitrogen and oxygen atoms in total. The summed E-state index contributed by atoms with van der Waals surface area (Å²) in [5, 5.41) is 12.9. The van der Waals surface area contributed by atoms with Crippen molar-refractivity contribution < 1.29 is 14.3 Å². The number of methoxy groups -OCH3 is 1. The number of anilines is 1. The van der Waals surface area contributed by atoms with Crippen molar-refractivity contribution in [3.8, 4) is 5.75 Å². The third kappa shape index (κ3) is 3.60. The summed E-state index contributed by atoms with van der Waals surface area (Å²) in [6, 6.07) is 13.6. The van der Waals surface area contributed by atoms with Gasteiger partial charge in [-0.05, 0) is 25.1 Å². The Hall–Kier alpha value is -3.35. The van der Waals surface area contributed by atoms with E-state index in [1.54, 1.807) is 44.4 Å². The third-order valence-corrected chi connectivity index (χ3v) is 3.76. The summed E-state index contributed by atoms with van der Waals surface area (Å²) in [6.07, 6.45) is 0. The molecule has 1 unspecified atom stereocenters. The average Bonchev–Trinajstić information content (AvgIpc) is 3.06. The van der Waals surface area contributed by atoms with E-state index in [9.17, 15) is 9.59 Å². The topological polar surface area (TPSA) is 96.1 Å². The highest BCUT2D eigenvalue weighted by Crippen LogP contribution is 2.17. The van der Waals surface area contributed by atoms with Gasteiger partial charge in [-0.25, -0.2) is 0 Å². The van der Waals surface area contributed by atoms with Crippen LogP contribution in [-0.4, -0.2) is 35.2 Å². The van der Waals surface area contributed by atoms with Crippen LogP contribution >= 0.6 is 0 Å². The molecule has 0 fully saturated rings. The molecule has 0 saturated carbocycles. The van der Waals surface area contributed by atoms with Crippen LogP contribution < -0.4 is 15.4 Å². The van der Waals surface area contributed by atoms with E-state index in [1.165, 1.54) is 0 Å². The van der Waals surface area contributed by atoms with Crippen LogP contribution in [0.2, 0.25) is 0 Å². The van der Waals surface area contributed by atoms with E-state index in [0.29, 0.717) is 16.8 Å². The van der Waals surface area contributed by atoms with Gasteiger partial charge in [-0.1, -0.05) is 24.3 Å². The standard InChI is InChI=1S/C18H18N4O3/c1-11(17(23)20-12-6-5-7-13(10-12)25-2)19-18(24)16-14-8-3-4-9-15(14)21-22-16/h3-11H,1-2H3,(H,19,24)(H,20,23)(H,21,22). The molecule has 0 radical (unpaired) electrons. The molecule has 2 aromatic carbocycles. The Morgan fingerprint density at radius 3 is 2.76 bits per heavy atom. The monoisotopic (exact) mass is 338 g/mol. The van der Waals surface area contributed by atoms with Crippen LogP contribution in [0.4, 0.5) is 5.69 Å². The quantitative estimate of drug-likeness (QED) is 0.665. The number of nitrogens with one attached hydrogen (secondary N) is 3. The maximum Gasteiger partial charge on any atom is 0.273 e. The van der Waals surface area contributed by atoms with E-state index in [4.69, 9.17) is 4.74 Å². The summed E-state index contributed by atoms with van der Waals surface area (Å²) in [5.74, 6) is -0.107. The fourth-order valence-corrected chi connectivity index (χ4v) is 2.42. The molecule has 2 amide bonds. The molecule has 0 bridgehead atoms. The van der Waals surface area contributed by atoms with Crippen molar-refractivity contribution in [3.63, 3.8) is 0 Å². The third-order valence-electron chi connectivity index (χ3n) is 3.76. The Balaban J connectivity index is 1.67. The molecule has 1 aromatic heterocycles. The zero-order valence-corrected chi connectivity index (χ0v) is 13.9. The van der Waals surface area contributed by atoms with E-state index >= 15 is 0 Å². The summed E-state index contributed by atoms with van der Waals surface area (Å²) in [4.78, 5) is 24.7. The zero-order chi connectivity index (χ0) is 17.8. The molecule has 0 spiro atoms. The number of hydrogen-bond donors (Lipinski definition) is 3. The Morgan fingerprint density at radius 2 is 1.96 bits per heavy atom. The molecule has 1 atom stereocenters. The SMILES string of the molecule is COc1cccc(NC(=O)C(C)NC(=O)c2n[nH]c3ccccc23)c1. The van der Waals surface area contributed by atoms with Crippen molar-refractivity contribution in [2.75, 3.05) is 12.4 Å². The highest BCUT2D eigenvalue weighted by molar-refractivity contribution is 6.06. The van der Waals surface area contributed by atoms with Gasteiger partial charge in [0.25, 0.3) is 5.91 Å². The maximum absolute atomic E-state index is 12.4. The van der Waals surface area contributed by atoms with Gasteiger partial charge >= 0.3 is 0 Å². The Labute approximate surface area is 144 Å². The zero-order valence-electron chi connectivity index (χ0n) is 13.9. The number of amides is 2. The number of nitrogens with zero attached hydrogens (tertiary/aromatic N) is 1. The van der Waals surface area contributed by atoms with Crippen molar-refractivity contribution >= 4 is 28.4 Å². The molecule has 1 heterocycles. The molecule has 3 rings (SSSR count). The number of carbonyl (C=O) groups is 2. The number of aromatic nitrogens is 2. The van der Waals surface area contributed by atoms with E-state index in [-0.39, 0.29) is 11.6 Å². The predicted molar refractivity (Wildman–Crippen MR) is 94.6 cm³/mol. The van der Waals surface area contributed by atoms with Gasteiger partial charge in [0.1, 0.15) is 11.8 Å². The smallest absolute Gasteiger partial charge is 0.273 e. The fraction of sp³-hybridized carbons (Fsp3) is 0.167. The van der Waals surface area contributed by atoms with Crippen molar-refractivity contribution in [2.24, 2.45) is 0 Å². The number of fused-ring (bicyclic) bond motifs is 1. The number of para-hydroxylation sites is 1. The van der Waals surface area contributed by atoms with E-state index in [1.807, 2.05) is 18.2 Å². The summed E-state index contributed by atoms with van der Waals surface area (Å²) in [5.41, 5.74) is 1.62. The Bertz CT molecular complexity index is 919. The first-order valence-corrected chi connectivity index (χ1v) is 7.77. The highest BCUT2D eigenvalue weighted by Gasteiger charge is 2.20. The van der Waals surface area contributed by atoms with Gasteiger partial charge in [0.15, 0.2) is 5.69 Å². The van der Waals surface area contributed by atoms with Crippen molar-refractivity contribution in [1.82, 2.24) is 15.5 Å². The molecular formula is C18H18N4O3. The van der Waals surface area contributed by atoms with Gasteiger partial charge in [-0.15, -0.1) is 0 Å². The van der Waals surface area contributed by atoms with Crippen LogP contribution in [0, 0.1) is 0 Å². The van der Waals surface area contributed by atoms with E-state index < -0.39 is 11.9 Å². The van der Waals surface area contributed by atoms with Gasteiger partial charge in [0.2, 0.25) is 5.91 Å². The lowest BCUT2D eigenvalue weighted by Gasteiger charge is -2.14. The van der Waals surface area contributed by atoms with Gasteiger partial charge < -0.3 is 15.4 Å². The summed E-state index contributed by atoms with van der Waals surface area (Å²) >= 11 is 0. The minimum atomic E-state index is -0.728. The first kappa shape index (κ1) is 16.5. The Kier molecular flexibility index (Phi) is 4.65. The van der Waals surface area contributed by atoms with Crippen molar-refractivity contribution in [3.05, 3.63) is 54.2 Å². The van der Waals surface area contributed by atoms with Crippen LogP contribution in [0.3, 0.4) is 0 Å². The van der Waals surface area contributed by atoms with Crippen LogP contribution in [-0.2, 0) is 4.79 Å². The second-order valence-corrected chi connectivity index (χ2v) is 5.53. The van der Waals surface area contributed by atoms with Gasteiger partial charge in [-0.2, -0.15) is 5.10 Å². The van der Waals surface area contributed by atoms with Crippen LogP contribution in [0.5, 0.6) is 5.75 Å². The highest BCUT2D eigenvalue weighted by atomic mass is 16.5. The molecular weight excluding hydrogens is 320 g/mol. The second-order valence-electron chi connectivity index (χ2n) is 5.53. The summed E-state index contributed by atoms with van der Waals surface area (Å²) in [6.45, 7) is 1.61. The number of ether oxygens (including phenoxy) is 1. The molecule has 128 valence electrons. The molecule has 0 aliphatic carbocycles. The van der Waals surface area contributed by atoms with Crippen LogP contribution in [0.15, 0.2) is 48.5 Å². The molecule has 7 heteroatoms. The molecule has 3 N–H and O–H groups in total. The predicted octanol–water partition coefficient (Wildman–Crippen LogP) is 2.33. The lowest BCUT2D eigenvalue weighted by atomic mass is 10.2. The van der Waals surface area contributed by atoms with Gasteiger partial charge in [0, 0.05) is 17.1 Å². The maximum atomic E-state index is 12.4. The van der Waals surface area contributed by atoms with E-state index in [2.05, 4.69) is 20.8 Å². The second kappa shape index (κ2) is 7.04. The number of benzene rings is 2. The average molecular weight is 338 g/mol. The van der Waals surface area contributed by atoms with Gasteiger partial charge in [0.05, 0.1) is 12.6 Å². The number of carbonyl (C=O) groups excluding carboxylic acids is 2. The largest absolute Gasteiger partial charge is 0.497 e. The number of rotatable bonds is 5. The molecule has 0 aliphatic heterocycles.